The Morgan fingerprint density at radius 2 is 2.06 bits per heavy atom. The lowest BCUT2D eigenvalue weighted by Crippen LogP contribution is -2.50. The van der Waals surface area contributed by atoms with E-state index in [2.05, 4.69) is 10.6 Å². The van der Waals surface area contributed by atoms with Crippen LogP contribution in [0.5, 0.6) is 0 Å². The van der Waals surface area contributed by atoms with Gasteiger partial charge in [-0.1, -0.05) is 11.6 Å². The van der Waals surface area contributed by atoms with Crippen molar-refractivity contribution in [3.05, 3.63) is 32.8 Å². The van der Waals surface area contributed by atoms with Crippen molar-refractivity contribution in [2.24, 2.45) is 5.14 Å². The summed E-state index contributed by atoms with van der Waals surface area (Å²) in [6.45, 7) is 0.896. The number of carboxylic acid groups (broad SMARTS) is 1. The number of benzene rings is 1. The molecule has 1 heterocycles. The normalized spacial score (nSPS) is 17.0. The van der Waals surface area contributed by atoms with Gasteiger partial charge in [0.2, 0.25) is 22.5 Å². The van der Waals surface area contributed by atoms with Crippen LogP contribution in [0.15, 0.2) is 17.0 Å². The van der Waals surface area contributed by atoms with Gasteiger partial charge in [-0.3, -0.25) is 19.7 Å². The molecule has 5 N–H and O–H groups in total. The number of carbonyl (C=O) groups is 3. The number of nitro groups is 1. The number of sulfonamides is 1. The summed E-state index contributed by atoms with van der Waals surface area (Å²) in [5.74, 6) is -2.60. The summed E-state index contributed by atoms with van der Waals surface area (Å²) in [5.41, 5.74) is -0.299. The molecule has 32 heavy (non-hydrogen) atoms. The molecule has 2 amide bonds. The highest BCUT2D eigenvalue weighted by Gasteiger charge is 2.36. The second kappa shape index (κ2) is 10.1. The van der Waals surface area contributed by atoms with E-state index < -0.39 is 56.3 Å². The molecular formula is C17H22ClN5O8S. The molecule has 0 unspecified atom stereocenters. The van der Waals surface area contributed by atoms with Crippen LogP contribution >= 0.6 is 11.6 Å². The predicted molar refractivity (Wildman–Crippen MR) is 112 cm³/mol. The molecule has 0 aromatic heterocycles. The Hall–Kier alpha value is -2.97. The van der Waals surface area contributed by atoms with Crippen LogP contribution in [-0.2, 0) is 19.6 Å². The highest BCUT2D eigenvalue weighted by molar-refractivity contribution is 7.89. The average molecular weight is 492 g/mol. The predicted octanol–water partition coefficient (Wildman–Crippen LogP) is -0.130. The minimum Gasteiger partial charge on any atom is -0.480 e. The molecule has 1 aromatic rings. The quantitative estimate of drug-likeness (QED) is 0.268. The number of carboxylic acids is 1. The summed E-state index contributed by atoms with van der Waals surface area (Å²) in [7, 11) is -4.35. The number of nitrogens with zero attached hydrogens (tertiary/aromatic N) is 2. The van der Waals surface area contributed by atoms with Crippen molar-refractivity contribution in [2.75, 3.05) is 25.0 Å². The zero-order chi connectivity index (χ0) is 24.2. The van der Waals surface area contributed by atoms with E-state index in [9.17, 15) is 38.0 Å². The minimum atomic E-state index is -4.35. The summed E-state index contributed by atoms with van der Waals surface area (Å²) < 4.78 is 23.8. The van der Waals surface area contributed by atoms with E-state index in [0.717, 1.165) is 11.0 Å². The van der Waals surface area contributed by atoms with Crippen LogP contribution in [-0.4, -0.2) is 72.8 Å². The van der Waals surface area contributed by atoms with Crippen LogP contribution < -0.4 is 15.8 Å². The highest BCUT2D eigenvalue weighted by atomic mass is 35.5. The van der Waals surface area contributed by atoms with Gasteiger partial charge in [-0.2, -0.15) is 0 Å². The van der Waals surface area contributed by atoms with Crippen LogP contribution in [0, 0.1) is 10.1 Å². The fourth-order valence-electron chi connectivity index (χ4n) is 3.22. The number of hydrogen-bond donors (Lipinski definition) is 4. The van der Waals surface area contributed by atoms with Gasteiger partial charge < -0.3 is 20.6 Å². The topological polar surface area (TPSA) is 202 Å². The van der Waals surface area contributed by atoms with E-state index in [1.807, 2.05) is 0 Å². The first-order valence-corrected chi connectivity index (χ1v) is 11.3. The third-order valence-corrected chi connectivity index (χ3v) is 6.21. The standard InChI is InChI=1S/C17H22ClN5O8S/c1-9(16(25)22-5-2-3-12(22)17(26)27)21-15(24)10-7-11(20-4-6-23(28)29)14(18)13(8-10)32(19,30)31/h7-9,12,20H,2-6H2,1H3,(H,21,24)(H,26,27)(H2,19,30,31)/t9-,12-/m0/s1. The number of rotatable bonds is 9. The fraction of sp³-hybridized carbons (Fsp3) is 0.471. The van der Waals surface area contributed by atoms with Gasteiger partial charge >= 0.3 is 5.97 Å². The van der Waals surface area contributed by atoms with Crippen molar-refractivity contribution in [1.29, 1.82) is 0 Å². The second-order valence-corrected chi connectivity index (χ2v) is 8.99. The number of primary sulfonamides is 1. The van der Waals surface area contributed by atoms with Crippen molar-refractivity contribution in [1.82, 2.24) is 10.2 Å². The van der Waals surface area contributed by atoms with Gasteiger partial charge in [-0.25, -0.2) is 18.4 Å². The molecule has 176 valence electrons. The number of hydrogen-bond acceptors (Lipinski definition) is 8. The van der Waals surface area contributed by atoms with Crippen molar-refractivity contribution in [2.45, 2.75) is 36.7 Å². The Bertz CT molecular complexity index is 1050. The van der Waals surface area contributed by atoms with Gasteiger partial charge in [-0.15, -0.1) is 0 Å². The molecule has 15 heteroatoms. The molecule has 0 aliphatic carbocycles. The largest absolute Gasteiger partial charge is 0.480 e. The third-order valence-electron chi connectivity index (χ3n) is 4.76. The van der Waals surface area contributed by atoms with Crippen LogP contribution in [0.2, 0.25) is 5.02 Å². The van der Waals surface area contributed by atoms with Crippen LogP contribution in [0.1, 0.15) is 30.1 Å². The minimum absolute atomic E-state index is 0.0744. The first-order chi connectivity index (χ1) is 14.8. The van der Waals surface area contributed by atoms with Crippen LogP contribution in [0.4, 0.5) is 5.69 Å². The molecule has 1 fully saturated rings. The number of likely N-dealkylation sites (tertiary alicyclic amines) is 1. The number of nitrogens with one attached hydrogen (secondary N) is 2. The SMILES string of the molecule is C[C@H](NC(=O)c1cc(NCC[N+](=O)[O-])c(Cl)c(S(N)(=O)=O)c1)C(=O)N1CCC[C@H]1C(=O)O. The first kappa shape index (κ1) is 25.3. The summed E-state index contributed by atoms with van der Waals surface area (Å²) in [6, 6.07) is -0.0104. The molecule has 1 aliphatic heterocycles. The van der Waals surface area contributed by atoms with Gasteiger partial charge in [0, 0.05) is 17.0 Å². The number of halogens is 1. The Balaban J connectivity index is 2.26. The molecule has 0 saturated carbocycles. The van der Waals surface area contributed by atoms with E-state index in [-0.39, 0.29) is 29.4 Å². The van der Waals surface area contributed by atoms with Crippen molar-refractivity contribution >= 4 is 45.1 Å². The van der Waals surface area contributed by atoms with Gasteiger partial charge in [-0.05, 0) is 31.9 Å². The third kappa shape index (κ3) is 6.05. The zero-order valence-electron chi connectivity index (χ0n) is 16.9. The van der Waals surface area contributed by atoms with Gasteiger partial charge in [0.15, 0.2) is 0 Å². The Labute approximate surface area is 188 Å². The van der Waals surface area contributed by atoms with Crippen LogP contribution in [0.25, 0.3) is 0 Å². The number of nitrogens with two attached hydrogens (primary N) is 1. The number of carbonyl (C=O) groups excluding carboxylic acids is 2. The monoisotopic (exact) mass is 491 g/mol. The van der Waals surface area contributed by atoms with E-state index in [1.165, 1.54) is 13.0 Å². The molecule has 2 atom stereocenters. The van der Waals surface area contributed by atoms with E-state index in [1.54, 1.807) is 0 Å². The second-order valence-electron chi connectivity index (χ2n) is 7.09. The lowest BCUT2D eigenvalue weighted by Gasteiger charge is -2.25. The molecule has 13 nitrogen and oxygen atoms in total. The van der Waals surface area contributed by atoms with Gasteiger partial charge in [0.1, 0.15) is 17.0 Å². The highest BCUT2D eigenvalue weighted by Crippen LogP contribution is 2.30. The first-order valence-electron chi connectivity index (χ1n) is 9.39. The number of anilines is 1. The smallest absolute Gasteiger partial charge is 0.326 e. The van der Waals surface area contributed by atoms with E-state index >= 15 is 0 Å². The molecule has 1 aliphatic rings. The fourth-order valence-corrected chi connectivity index (χ4v) is 4.37. The Kier molecular flexibility index (Phi) is 7.98. The zero-order valence-corrected chi connectivity index (χ0v) is 18.5. The number of aliphatic carboxylic acids is 1. The molecule has 1 saturated heterocycles. The number of amides is 2. The van der Waals surface area contributed by atoms with Crippen LogP contribution in [0.3, 0.4) is 0 Å². The lowest BCUT2D eigenvalue weighted by molar-refractivity contribution is -0.476. The Morgan fingerprint density at radius 1 is 1.41 bits per heavy atom. The molecule has 1 aromatic carbocycles. The molecule has 0 radical (unpaired) electrons. The Morgan fingerprint density at radius 3 is 2.62 bits per heavy atom. The molecular weight excluding hydrogens is 470 g/mol. The van der Waals surface area contributed by atoms with Gasteiger partial charge in [0.05, 0.1) is 17.3 Å². The maximum absolute atomic E-state index is 12.7. The summed E-state index contributed by atoms with van der Waals surface area (Å²) in [4.78, 5) is 47.1. The van der Waals surface area contributed by atoms with E-state index in [4.69, 9.17) is 16.7 Å². The van der Waals surface area contributed by atoms with Crippen molar-refractivity contribution < 1.29 is 32.8 Å². The summed E-state index contributed by atoms with van der Waals surface area (Å²) >= 11 is 6.03. The summed E-state index contributed by atoms with van der Waals surface area (Å²) in [6.07, 6.45) is 0.813. The van der Waals surface area contributed by atoms with Crippen molar-refractivity contribution in [3.63, 3.8) is 0 Å². The molecule has 0 bridgehead atoms. The lowest BCUT2D eigenvalue weighted by atomic mass is 10.1. The maximum Gasteiger partial charge on any atom is 0.326 e. The van der Waals surface area contributed by atoms with Gasteiger partial charge in [0.25, 0.3) is 5.91 Å². The maximum atomic E-state index is 12.7. The molecule has 0 spiro atoms. The summed E-state index contributed by atoms with van der Waals surface area (Å²) in [5, 5.41) is 29.5. The van der Waals surface area contributed by atoms with Crippen molar-refractivity contribution in [3.8, 4) is 0 Å². The molecule has 2 rings (SSSR count). The van der Waals surface area contributed by atoms with E-state index in [0.29, 0.717) is 12.8 Å². The average Bonchev–Trinajstić information content (AvgIpc) is 3.17.